The monoisotopic (exact) mass is 195 g/mol. The highest BCUT2D eigenvalue weighted by Crippen LogP contribution is 1.92. The fourth-order valence-corrected chi connectivity index (χ4v) is 0.643. The third kappa shape index (κ3) is 7.64. The van der Waals surface area contributed by atoms with Gasteiger partial charge < -0.3 is 10.1 Å². The minimum Gasteiger partial charge on any atom is -0.379 e. The molecule has 0 aromatic rings. The molecule has 0 radical (unpaired) electrons. The molecule has 78 valence electrons. The van der Waals surface area contributed by atoms with Crippen molar-refractivity contribution in [1.82, 2.24) is 5.32 Å². The molecule has 1 N–H and O–H groups in total. The molecule has 0 bridgehead atoms. The largest absolute Gasteiger partial charge is 0.379 e. The molecule has 0 spiro atoms. The standard InChI is InChI=1S/C8H15F2NO2/c1-6(2)5-13-4-3-11-8(12)7(9)10/h6-7H,3-5H2,1-2H3,(H,11,12). The highest BCUT2D eigenvalue weighted by Gasteiger charge is 2.13. The molecule has 0 aliphatic carbocycles. The van der Waals surface area contributed by atoms with Gasteiger partial charge in [-0.25, -0.2) is 0 Å². The van der Waals surface area contributed by atoms with E-state index in [1.807, 2.05) is 19.2 Å². The summed E-state index contributed by atoms with van der Waals surface area (Å²) in [5, 5.41) is 2.04. The third-order valence-corrected chi connectivity index (χ3v) is 1.20. The highest BCUT2D eigenvalue weighted by molar-refractivity contribution is 5.78. The van der Waals surface area contributed by atoms with Crippen LogP contribution in [0.15, 0.2) is 0 Å². The van der Waals surface area contributed by atoms with Crippen molar-refractivity contribution < 1.29 is 18.3 Å². The van der Waals surface area contributed by atoms with Crippen LogP contribution in [0, 0.1) is 5.92 Å². The van der Waals surface area contributed by atoms with Crippen molar-refractivity contribution >= 4 is 5.91 Å². The van der Waals surface area contributed by atoms with Crippen molar-refractivity contribution in [3.63, 3.8) is 0 Å². The van der Waals surface area contributed by atoms with E-state index in [1.165, 1.54) is 0 Å². The van der Waals surface area contributed by atoms with Crippen molar-refractivity contribution in [2.75, 3.05) is 19.8 Å². The van der Waals surface area contributed by atoms with Crippen LogP contribution in [0.4, 0.5) is 8.78 Å². The molecule has 0 fully saturated rings. The maximum atomic E-state index is 11.6. The zero-order valence-electron chi connectivity index (χ0n) is 7.85. The Balaban J connectivity index is 3.21. The number of hydrogen-bond donors (Lipinski definition) is 1. The Kier molecular flexibility index (Phi) is 6.40. The van der Waals surface area contributed by atoms with Gasteiger partial charge in [-0.3, -0.25) is 4.79 Å². The summed E-state index contributed by atoms with van der Waals surface area (Å²) in [5.41, 5.74) is 0. The summed E-state index contributed by atoms with van der Waals surface area (Å²) in [7, 11) is 0. The van der Waals surface area contributed by atoms with Gasteiger partial charge in [-0.15, -0.1) is 0 Å². The number of rotatable bonds is 6. The summed E-state index contributed by atoms with van der Waals surface area (Å²) in [6.07, 6.45) is -2.94. The Bertz CT molecular complexity index is 151. The molecule has 5 heteroatoms. The van der Waals surface area contributed by atoms with Crippen LogP contribution in [0.25, 0.3) is 0 Å². The number of carbonyl (C=O) groups is 1. The van der Waals surface area contributed by atoms with Crippen LogP contribution >= 0.6 is 0 Å². The summed E-state index contributed by atoms with van der Waals surface area (Å²) < 4.78 is 28.3. The van der Waals surface area contributed by atoms with Gasteiger partial charge in [0.05, 0.1) is 6.61 Å². The van der Waals surface area contributed by atoms with Gasteiger partial charge in [0.15, 0.2) is 0 Å². The summed E-state index contributed by atoms with van der Waals surface area (Å²) in [6.45, 7) is 4.95. The molecule has 0 aromatic heterocycles. The van der Waals surface area contributed by atoms with E-state index in [4.69, 9.17) is 4.74 Å². The van der Waals surface area contributed by atoms with Crippen LogP contribution in [0.1, 0.15) is 13.8 Å². The predicted molar refractivity (Wildman–Crippen MR) is 44.7 cm³/mol. The summed E-state index contributed by atoms with van der Waals surface area (Å²) in [5.74, 6) is -0.834. The number of hydrogen-bond acceptors (Lipinski definition) is 2. The zero-order chi connectivity index (χ0) is 10.3. The van der Waals surface area contributed by atoms with Crippen LogP contribution in [-0.4, -0.2) is 32.1 Å². The lowest BCUT2D eigenvalue weighted by Gasteiger charge is -2.07. The molecular formula is C8H15F2NO2. The first-order valence-corrected chi connectivity index (χ1v) is 4.17. The number of nitrogens with one attached hydrogen (secondary N) is 1. The van der Waals surface area contributed by atoms with Crippen molar-refractivity contribution in [3.05, 3.63) is 0 Å². The second-order valence-corrected chi connectivity index (χ2v) is 3.06. The van der Waals surface area contributed by atoms with Gasteiger partial charge in [-0.2, -0.15) is 8.78 Å². The van der Waals surface area contributed by atoms with Gasteiger partial charge in [0.2, 0.25) is 0 Å². The SMILES string of the molecule is CC(C)COCCNC(=O)C(F)F. The highest BCUT2D eigenvalue weighted by atomic mass is 19.3. The van der Waals surface area contributed by atoms with Gasteiger partial charge in [-0.05, 0) is 5.92 Å². The first-order chi connectivity index (χ1) is 6.04. The topological polar surface area (TPSA) is 38.3 Å². The predicted octanol–water partition coefficient (Wildman–Crippen LogP) is 1.04. The molecule has 0 atom stereocenters. The number of carbonyl (C=O) groups excluding carboxylic acids is 1. The molecule has 0 saturated carbocycles. The normalized spacial score (nSPS) is 10.9. The van der Waals surface area contributed by atoms with Crippen molar-refractivity contribution in [1.29, 1.82) is 0 Å². The molecule has 0 saturated heterocycles. The summed E-state index contributed by atoms with van der Waals surface area (Å²) >= 11 is 0. The van der Waals surface area contributed by atoms with E-state index < -0.39 is 12.3 Å². The average Bonchev–Trinajstić information content (AvgIpc) is 2.02. The number of alkyl halides is 2. The molecule has 13 heavy (non-hydrogen) atoms. The van der Waals surface area contributed by atoms with E-state index in [2.05, 4.69) is 0 Å². The maximum Gasteiger partial charge on any atom is 0.315 e. The first-order valence-electron chi connectivity index (χ1n) is 4.17. The number of ether oxygens (including phenoxy) is 1. The van der Waals surface area contributed by atoms with Crippen molar-refractivity contribution in [3.8, 4) is 0 Å². The average molecular weight is 195 g/mol. The second kappa shape index (κ2) is 6.77. The van der Waals surface area contributed by atoms with E-state index in [0.717, 1.165) is 0 Å². The van der Waals surface area contributed by atoms with Crippen LogP contribution in [0.3, 0.4) is 0 Å². The molecule has 0 aliphatic rings. The van der Waals surface area contributed by atoms with Gasteiger partial charge in [0.25, 0.3) is 5.91 Å². The van der Waals surface area contributed by atoms with E-state index in [-0.39, 0.29) is 13.2 Å². The molecule has 0 unspecified atom stereocenters. The molecule has 0 rings (SSSR count). The lowest BCUT2D eigenvalue weighted by molar-refractivity contribution is -0.131. The van der Waals surface area contributed by atoms with E-state index in [9.17, 15) is 13.6 Å². The third-order valence-electron chi connectivity index (χ3n) is 1.20. The van der Waals surface area contributed by atoms with E-state index in [0.29, 0.717) is 12.5 Å². The molecule has 1 amide bonds. The molecule has 3 nitrogen and oxygen atoms in total. The molecule has 0 aliphatic heterocycles. The van der Waals surface area contributed by atoms with E-state index >= 15 is 0 Å². The minimum absolute atomic E-state index is 0.135. The smallest absolute Gasteiger partial charge is 0.315 e. The van der Waals surface area contributed by atoms with Gasteiger partial charge in [-0.1, -0.05) is 13.8 Å². The second-order valence-electron chi connectivity index (χ2n) is 3.06. The van der Waals surface area contributed by atoms with Crippen LogP contribution in [0.5, 0.6) is 0 Å². The van der Waals surface area contributed by atoms with E-state index in [1.54, 1.807) is 0 Å². The van der Waals surface area contributed by atoms with Crippen molar-refractivity contribution in [2.24, 2.45) is 5.92 Å². The van der Waals surface area contributed by atoms with Crippen molar-refractivity contribution in [2.45, 2.75) is 20.3 Å². The van der Waals surface area contributed by atoms with Gasteiger partial charge >= 0.3 is 6.43 Å². The Morgan fingerprint density at radius 2 is 2.08 bits per heavy atom. The fraction of sp³-hybridized carbons (Fsp3) is 0.875. The summed E-state index contributed by atoms with van der Waals surface area (Å²) in [4.78, 5) is 10.3. The lowest BCUT2D eigenvalue weighted by atomic mass is 10.2. The Morgan fingerprint density at radius 1 is 1.46 bits per heavy atom. The maximum absolute atomic E-state index is 11.6. The lowest BCUT2D eigenvalue weighted by Crippen LogP contribution is -2.32. The number of halogens is 2. The minimum atomic E-state index is -2.94. The first kappa shape index (κ1) is 12.3. The van der Waals surface area contributed by atoms with Crippen LogP contribution in [-0.2, 0) is 9.53 Å². The molecule has 0 aromatic carbocycles. The quantitative estimate of drug-likeness (QED) is 0.643. The molecule has 0 heterocycles. The zero-order valence-corrected chi connectivity index (χ0v) is 7.85. The van der Waals surface area contributed by atoms with Crippen LogP contribution in [0.2, 0.25) is 0 Å². The number of amides is 1. The fourth-order valence-electron chi connectivity index (χ4n) is 0.643. The van der Waals surface area contributed by atoms with Gasteiger partial charge in [0.1, 0.15) is 0 Å². The van der Waals surface area contributed by atoms with Gasteiger partial charge in [0, 0.05) is 13.2 Å². The van der Waals surface area contributed by atoms with Crippen LogP contribution < -0.4 is 5.32 Å². The summed E-state index contributed by atoms with van der Waals surface area (Å²) in [6, 6.07) is 0. The molecular weight excluding hydrogens is 180 g/mol. The Labute approximate surface area is 76.4 Å². The Morgan fingerprint density at radius 3 is 2.54 bits per heavy atom. The Hall–Kier alpha value is -0.710.